The molecule has 1 heterocycles. The molecule has 1 fully saturated rings. The molecule has 0 atom stereocenters. The summed E-state index contributed by atoms with van der Waals surface area (Å²) in [5, 5.41) is 0. The first-order chi connectivity index (χ1) is 7.65. The fourth-order valence-electron chi connectivity index (χ4n) is 2.08. The number of piperidine rings is 1. The molecule has 0 bridgehead atoms. The van der Waals surface area contributed by atoms with Crippen LogP contribution >= 0.6 is 0 Å². The lowest BCUT2D eigenvalue weighted by molar-refractivity contribution is 0.136. The van der Waals surface area contributed by atoms with Crippen LogP contribution in [0.3, 0.4) is 0 Å². The van der Waals surface area contributed by atoms with Crippen LogP contribution in [-0.4, -0.2) is 39.8 Å². The first-order valence-electron chi connectivity index (χ1n) is 6.07. The van der Waals surface area contributed by atoms with Gasteiger partial charge in [-0.25, -0.2) is 0 Å². The van der Waals surface area contributed by atoms with Gasteiger partial charge in [0.1, 0.15) is 19.7 Å². The van der Waals surface area contributed by atoms with E-state index in [4.69, 9.17) is 4.74 Å². The molecule has 0 saturated carbocycles. The molecule has 1 aliphatic heterocycles. The van der Waals surface area contributed by atoms with Gasteiger partial charge in [-0.15, -0.1) is 0 Å². The smallest absolute Gasteiger partial charge is 0.185 e. The number of ether oxygens (including phenoxy) is 1. The van der Waals surface area contributed by atoms with Gasteiger partial charge in [0.25, 0.3) is 0 Å². The zero-order valence-corrected chi connectivity index (χ0v) is 10.5. The number of benzene rings is 1. The van der Waals surface area contributed by atoms with Gasteiger partial charge in [0.2, 0.25) is 0 Å². The molecule has 0 radical (unpaired) electrons. The summed E-state index contributed by atoms with van der Waals surface area (Å²) in [4.78, 5) is 2.36. The molecule has 1 aromatic rings. The molecule has 16 heavy (non-hydrogen) atoms. The minimum Gasteiger partial charge on any atom is -0.490 e. The fraction of sp³-hybridized carbons (Fsp3) is 0.500. The van der Waals surface area contributed by atoms with Crippen LogP contribution in [-0.2, 0) is 0 Å². The summed E-state index contributed by atoms with van der Waals surface area (Å²) >= 11 is 0. The van der Waals surface area contributed by atoms with Crippen LogP contribution in [0, 0.1) is 6.92 Å². The Balaban J connectivity index is 1.96. The SMILES string of the molecule is Bc1cc(OC2CCN(B)CC2)ccc1C. The summed E-state index contributed by atoms with van der Waals surface area (Å²) in [7, 11) is 4.31. The Morgan fingerprint density at radius 3 is 2.62 bits per heavy atom. The summed E-state index contributed by atoms with van der Waals surface area (Å²) in [5.41, 5.74) is 2.64. The molecule has 1 aliphatic rings. The molecule has 0 aromatic heterocycles. The van der Waals surface area contributed by atoms with E-state index in [1.54, 1.807) is 0 Å². The maximum Gasteiger partial charge on any atom is 0.185 e. The van der Waals surface area contributed by atoms with Gasteiger partial charge in [0.15, 0.2) is 7.98 Å². The number of rotatable bonds is 2. The standard InChI is InChI=1S/C12H19B2NO/c1-9-2-3-11(8-12(9)13)16-10-4-6-15(14)7-5-10/h2-3,8,10H,4-7,13-14H2,1H3. The molecular weight excluding hydrogens is 196 g/mol. The number of aryl methyl sites for hydroxylation is 1. The number of hydrogen-bond donors (Lipinski definition) is 0. The van der Waals surface area contributed by atoms with Crippen molar-refractivity contribution in [1.82, 2.24) is 4.81 Å². The van der Waals surface area contributed by atoms with Crippen LogP contribution in [0.25, 0.3) is 0 Å². The van der Waals surface area contributed by atoms with Crippen molar-refractivity contribution in [2.24, 2.45) is 0 Å². The molecule has 0 amide bonds. The van der Waals surface area contributed by atoms with Gasteiger partial charge in [-0.05, 0) is 45.0 Å². The second-order valence-electron chi connectivity index (χ2n) is 4.87. The average molecular weight is 215 g/mol. The summed E-state index contributed by atoms with van der Waals surface area (Å²) < 4.78 is 6.01. The van der Waals surface area contributed by atoms with Gasteiger partial charge in [-0.1, -0.05) is 17.1 Å². The minimum absolute atomic E-state index is 0.401. The highest BCUT2D eigenvalue weighted by Crippen LogP contribution is 2.17. The monoisotopic (exact) mass is 215 g/mol. The maximum absolute atomic E-state index is 6.01. The van der Waals surface area contributed by atoms with E-state index in [0.29, 0.717) is 6.10 Å². The summed E-state index contributed by atoms with van der Waals surface area (Å²) in [5.74, 6) is 1.03. The summed E-state index contributed by atoms with van der Waals surface area (Å²) in [6.07, 6.45) is 2.69. The van der Waals surface area contributed by atoms with Crippen LogP contribution in [0.1, 0.15) is 18.4 Å². The zero-order valence-electron chi connectivity index (χ0n) is 10.5. The lowest BCUT2D eigenvalue weighted by atomic mass is 9.91. The molecule has 4 heteroatoms. The molecular formula is C12H19B2NO. The summed E-state index contributed by atoms with van der Waals surface area (Å²) in [6, 6.07) is 6.37. The van der Waals surface area contributed by atoms with E-state index >= 15 is 0 Å². The van der Waals surface area contributed by atoms with Crippen LogP contribution in [0.15, 0.2) is 18.2 Å². The van der Waals surface area contributed by atoms with E-state index in [2.05, 4.69) is 45.8 Å². The minimum atomic E-state index is 0.401. The second kappa shape index (κ2) is 4.96. The number of hydrogen-bond acceptors (Lipinski definition) is 2. The Morgan fingerprint density at radius 2 is 2.00 bits per heavy atom. The molecule has 2 rings (SSSR count). The number of nitrogens with zero attached hydrogens (tertiary/aromatic N) is 1. The van der Waals surface area contributed by atoms with Gasteiger partial charge >= 0.3 is 0 Å². The predicted octanol–water partition coefficient (Wildman–Crippen LogP) is -0.355. The van der Waals surface area contributed by atoms with Crippen molar-refractivity contribution < 1.29 is 4.74 Å². The largest absolute Gasteiger partial charge is 0.490 e. The Hall–Kier alpha value is -0.890. The van der Waals surface area contributed by atoms with Crippen molar-refractivity contribution in [1.29, 1.82) is 0 Å². The zero-order chi connectivity index (χ0) is 11.5. The van der Waals surface area contributed by atoms with Crippen molar-refractivity contribution in [3.8, 4) is 5.75 Å². The van der Waals surface area contributed by atoms with Crippen molar-refractivity contribution in [2.45, 2.75) is 25.9 Å². The fourth-order valence-corrected chi connectivity index (χ4v) is 2.08. The molecule has 2 nitrogen and oxygen atoms in total. The average Bonchev–Trinajstić information content (AvgIpc) is 2.27. The summed E-state index contributed by atoms with van der Waals surface area (Å²) in [6.45, 7) is 4.43. The second-order valence-corrected chi connectivity index (χ2v) is 4.87. The first kappa shape index (κ1) is 11.6. The molecule has 0 N–H and O–H groups in total. The van der Waals surface area contributed by atoms with Crippen molar-refractivity contribution >= 4 is 21.3 Å². The Bertz CT molecular complexity index is 362. The van der Waals surface area contributed by atoms with Gasteiger partial charge in [0.05, 0.1) is 0 Å². The normalized spacial score (nSPS) is 18.6. The molecule has 84 valence electrons. The van der Waals surface area contributed by atoms with Gasteiger partial charge in [-0.3, -0.25) is 0 Å². The topological polar surface area (TPSA) is 12.5 Å². The van der Waals surface area contributed by atoms with Crippen LogP contribution in [0.4, 0.5) is 0 Å². The molecule has 0 spiro atoms. The Morgan fingerprint density at radius 1 is 1.31 bits per heavy atom. The highest BCUT2D eigenvalue weighted by molar-refractivity contribution is 6.33. The molecule has 1 aromatic carbocycles. The quantitative estimate of drug-likeness (QED) is 0.625. The molecule has 1 saturated heterocycles. The van der Waals surface area contributed by atoms with E-state index in [9.17, 15) is 0 Å². The predicted molar refractivity (Wildman–Crippen MR) is 73.1 cm³/mol. The van der Waals surface area contributed by atoms with E-state index in [1.165, 1.54) is 11.0 Å². The third-order valence-corrected chi connectivity index (χ3v) is 3.45. The van der Waals surface area contributed by atoms with E-state index in [1.807, 2.05) is 0 Å². The molecule has 0 unspecified atom stereocenters. The van der Waals surface area contributed by atoms with Gasteiger partial charge < -0.3 is 9.55 Å². The third kappa shape index (κ3) is 2.82. The van der Waals surface area contributed by atoms with Crippen molar-refractivity contribution in [3.05, 3.63) is 23.8 Å². The lowest BCUT2D eigenvalue weighted by Crippen LogP contribution is -2.36. The van der Waals surface area contributed by atoms with Crippen molar-refractivity contribution in [3.63, 3.8) is 0 Å². The van der Waals surface area contributed by atoms with Crippen molar-refractivity contribution in [2.75, 3.05) is 13.1 Å². The first-order valence-corrected chi connectivity index (χ1v) is 6.07. The molecule has 0 aliphatic carbocycles. The van der Waals surface area contributed by atoms with Gasteiger partial charge in [0, 0.05) is 0 Å². The van der Waals surface area contributed by atoms with Crippen LogP contribution < -0.4 is 10.2 Å². The van der Waals surface area contributed by atoms with Crippen LogP contribution in [0.5, 0.6) is 5.75 Å². The maximum atomic E-state index is 6.01. The third-order valence-electron chi connectivity index (χ3n) is 3.45. The Labute approximate surface area is 99.8 Å². The van der Waals surface area contributed by atoms with E-state index in [-0.39, 0.29) is 0 Å². The highest BCUT2D eigenvalue weighted by Gasteiger charge is 2.17. The highest BCUT2D eigenvalue weighted by atomic mass is 16.5. The lowest BCUT2D eigenvalue weighted by Gasteiger charge is -2.29. The van der Waals surface area contributed by atoms with Crippen LogP contribution in [0.2, 0.25) is 0 Å². The van der Waals surface area contributed by atoms with E-state index in [0.717, 1.165) is 31.7 Å². The van der Waals surface area contributed by atoms with E-state index < -0.39 is 0 Å². The van der Waals surface area contributed by atoms with Gasteiger partial charge in [-0.2, -0.15) is 0 Å². The Kier molecular flexibility index (Phi) is 3.59.